The fraction of sp³-hybridized carbons (Fsp3) is 0.130. The van der Waals surface area contributed by atoms with Crippen LogP contribution in [0.3, 0.4) is 0 Å². The lowest BCUT2D eigenvalue weighted by atomic mass is 10.1. The topological polar surface area (TPSA) is 72.0 Å². The van der Waals surface area contributed by atoms with E-state index in [1.807, 2.05) is 60.0 Å². The molecule has 0 spiro atoms. The molecule has 1 amide bonds. The zero-order valence-corrected chi connectivity index (χ0v) is 19.0. The average molecular weight is 468 g/mol. The molecule has 0 fully saturated rings. The number of rotatable bonds is 7. The summed E-state index contributed by atoms with van der Waals surface area (Å²) in [4.78, 5) is 34.2. The summed E-state index contributed by atoms with van der Waals surface area (Å²) in [6.45, 7) is 1.50. The number of nitrogens with one attached hydrogen (secondary N) is 1. The standard InChI is InChI=1S/C23H18ClN3O2S2/c1-14(28)22-21(16-7-3-2-4-8-16)27-23(31-22)26-19(29)12-18-13-30-20(25-18)11-15-6-5-9-17(24)10-15/h2-10,13H,11-12H2,1H3,(H,26,27,29). The molecular weight excluding hydrogens is 450 g/mol. The highest BCUT2D eigenvalue weighted by molar-refractivity contribution is 7.18. The van der Waals surface area contributed by atoms with Gasteiger partial charge in [-0.2, -0.15) is 0 Å². The average Bonchev–Trinajstić information content (AvgIpc) is 3.35. The van der Waals surface area contributed by atoms with Gasteiger partial charge in [-0.1, -0.05) is 65.4 Å². The van der Waals surface area contributed by atoms with E-state index in [9.17, 15) is 9.59 Å². The van der Waals surface area contributed by atoms with Gasteiger partial charge in [-0.3, -0.25) is 9.59 Å². The second-order valence-corrected chi connectivity index (χ2v) is 9.26. The molecule has 2 aromatic heterocycles. The third kappa shape index (κ3) is 5.44. The molecule has 0 saturated carbocycles. The lowest BCUT2D eigenvalue weighted by Gasteiger charge is -2.00. The Morgan fingerprint density at radius 2 is 1.87 bits per heavy atom. The lowest BCUT2D eigenvalue weighted by Crippen LogP contribution is -2.14. The van der Waals surface area contributed by atoms with Gasteiger partial charge in [-0.25, -0.2) is 9.97 Å². The van der Waals surface area contributed by atoms with Crippen LogP contribution in [0.25, 0.3) is 11.3 Å². The molecular formula is C23H18ClN3O2S2. The molecule has 156 valence electrons. The van der Waals surface area contributed by atoms with Gasteiger partial charge in [0.2, 0.25) is 5.91 Å². The summed E-state index contributed by atoms with van der Waals surface area (Å²) in [5.41, 5.74) is 3.21. The Morgan fingerprint density at radius 1 is 1.06 bits per heavy atom. The molecule has 8 heteroatoms. The monoisotopic (exact) mass is 467 g/mol. The molecule has 2 aromatic carbocycles. The Morgan fingerprint density at radius 3 is 2.61 bits per heavy atom. The fourth-order valence-corrected chi connectivity index (χ4v) is 5.00. The molecule has 2 heterocycles. The van der Waals surface area contributed by atoms with Gasteiger partial charge in [0.05, 0.1) is 27.7 Å². The van der Waals surface area contributed by atoms with Crippen LogP contribution in [0, 0.1) is 0 Å². The first kappa shape index (κ1) is 21.4. The van der Waals surface area contributed by atoms with E-state index >= 15 is 0 Å². The van der Waals surface area contributed by atoms with E-state index in [2.05, 4.69) is 15.3 Å². The van der Waals surface area contributed by atoms with Crippen molar-refractivity contribution in [1.82, 2.24) is 9.97 Å². The molecule has 4 rings (SSSR count). The molecule has 4 aromatic rings. The first-order chi connectivity index (χ1) is 15.0. The van der Waals surface area contributed by atoms with Crippen molar-refractivity contribution in [2.45, 2.75) is 19.8 Å². The summed E-state index contributed by atoms with van der Waals surface area (Å²) in [6, 6.07) is 17.1. The molecule has 0 bridgehead atoms. The molecule has 0 unspecified atom stereocenters. The van der Waals surface area contributed by atoms with Gasteiger partial charge in [-0.05, 0) is 17.7 Å². The molecule has 0 atom stereocenters. The van der Waals surface area contributed by atoms with Crippen molar-refractivity contribution in [2.75, 3.05) is 5.32 Å². The SMILES string of the molecule is CC(=O)c1sc(NC(=O)Cc2csc(Cc3cccc(Cl)c3)n2)nc1-c1ccccc1. The van der Waals surface area contributed by atoms with Gasteiger partial charge in [0.1, 0.15) is 0 Å². The van der Waals surface area contributed by atoms with Gasteiger partial charge in [0.25, 0.3) is 0 Å². The molecule has 0 aliphatic carbocycles. The molecule has 0 aliphatic rings. The molecule has 5 nitrogen and oxygen atoms in total. The largest absolute Gasteiger partial charge is 0.302 e. The van der Waals surface area contributed by atoms with Gasteiger partial charge >= 0.3 is 0 Å². The molecule has 31 heavy (non-hydrogen) atoms. The maximum atomic E-state index is 12.5. The van der Waals surface area contributed by atoms with Crippen LogP contribution in [-0.4, -0.2) is 21.7 Å². The van der Waals surface area contributed by atoms with Crippen LogP contribution in [0.1, 0.15) is 32.9 Å². The summed E-state index contributed by atoms with van der Waals surface area (Å²) in [7, 11) is 0. The van der Waals surface area contributed by atoms with Crippen molar-refractivity contribution in [3.63, 3.8) is 0 Å². The second kappa shape index (κ2) is 9.51. The maximum absolute atomic E-state index is 12.5. The van der Waals surface area contributed by atoms with Crippen LogP contribution in [0.15, 0.2) is 60.0 Å². The minimum atomic E-state index is -0.219. The predicted molar refractivity (Wildman–Crippen MR) is 126 cm³/mol. The number of carbonyl (C=O) groups excluding carboxylic acids is 2. The quantitative estimate of drug-likeness (QED) is 0.344. The Labute approximate surface area is 192 Å². The second-order valence-electron chi connectivity index (χ2n) is 6.88. The summed E-state index contributed by atoms with van der Waals surface area (Å²) < 4.78 is 0. The third-order valence-electron chi connectivity index (χ3n) is 4.43. The van der Waals surface area contributed by atoms with Crippen LogP contribution in [0.5, 0.6) is 0 Å². The van der Waals surface area contributed by atoms with Crippen LogP contribution in [0.4, 0.5) is 5.13 Å². The van der Waals surface area contributed by atoms with Crippen LogP contribution in [0.2, 0.25) is 5.02 Å². The van der Waals surface area contributed by atoms with Crippen LogP contribution in [-0.2, 0) is 17.6 Å². The van der Waals surface area contributed by atoms with Gasteiger partial charge in [0.15, 0.2) is 10.9 Å². The van der Waals surface area contributed by atoms with Gasteiger partial charge in [-0.15, -0.1) is 11.3 Å². The van der Waals surface area contributed by atoms with E-state index < -0.39 is 0 Å². The highest BCUT2D eigenvalue weighted by atomic mass is 35.5. The van der Waals surface area contributed by atoms with Crippen molar-refractivity contribution in [1.29, 1.82) is 0 Å². The summed E-state index contributed by atoms with van der Waals surface area (Å²) in [5, 5.41) is 6.71. The number of carbonyl (C=O) groups is 2. The van der Waals surface area contributed by atoms with Crippen molar-refractivity contribution in [2.24, 2.45) is 0 Å². The van der Waals surface area contributed by atoms with Gasteiger partial charge in [0, 0.05) is 29.3 Å². The van der Waals surface area contributed by atoms with Crippen LogP contribution >= 0.6 is 34.3 Å². The first-order valence-corrected chi connectivity index (χ1v) is 11.6. The van der Waals surface area contributed by atoms with Crippen LogP contribution < -0.4 is 5.32 Å². The molecule has 0 radical (unpaired) electrons. The Kier molecular flexibility index (Phi) is 6.56. The highest BCUT2D eigenvalue weighted by Gasteiger charge is 2.18. The van der Waals surface area contributed by atoms with E-state index in [4.69, 9.17) is 11.6 Å². The number of thiazole rings is 2. The van der Waals surface area contributed by atoms with Gasteiger partial charge < -0.3 is 5.32 Å². The number of nitrogens with zero attached hydrogens (tertiary/aromatic N) is 2. The van der Waals surface area contributed by atoms with E-state index in [0.717, 1.165) is 16.1 Å². The van der Waals surface area contributed by atoms with Crippen molar-refractivity contribution < 1.29 is 9.59 Å². The smallest absolute Gasteiger partial charge is 0.232 e. The number of benzene rings is 2. The number of hydrogen-bond acceptors (Lipinski definition) is 6. The number of halogens is 1. The van der Waals surface area contributed by atoms with E-state index in [1.54, 1.807) is 0 Å². The first-order valence-electron chi connectivity index (χ1n) is 9.52. The minimum Gasteiger partial charge on any atom is -0.302 e. The number of anilines is 1. The normalized spacial score (nSPS) is 10.8. The number of Topliss-reactive ketones (excluding diaryl/α,β-unsaturated/α-hetero) is 1. The maximum Gasteiger partial charge on any atom is 0.232 e. The Balaban J connectivity index is 1.43. The summed E-state index contributed by atoms with van der Waals surface area (Å²) >= 11 is 8.74. The predicted octanol–water partition coefficient (Wildman–Crippen LogP) is 5.89. The Hall–Kier alpha value is -2.87. The lowest BCUT2D eigenvalue weighted by molar-refractivity contribution is -0.115. The highest BCUT2D eigenvalue weighted by Crippen LogP contribution is 2.31. The number of hydrogen-bond donors (Lipinski definition) is 1. The summed E-state index contributed by atoms with van der Waals surface area (Å²) in [5.74, 6) is -0.301. The van der Waals surface area contributed by atoms with E-state index in [1.165, 1.54) is 29.6 Å². The van der Waals surface area contributed by atoms with Crippen molar-refractivity contribution in [3.8, 4) is 11.3 Å². The van der Waals surface area contributed by atoms with E-state index in [0.29, 0.717) is 32.8 Å². The van der Waals surface area contributed by atoms with Crippen molar-refractivity contribution in [3.05, 3.63) is 86.1 Å². The summed E-state index contributed by atoms with van der Waals surface area (Å²) in [6.07, 6.45) is 0.809. The van der Waals surface area contributed by atoms with Crippen molar-refractivity contribution >= 4 is 51.1 Å². The number of ketones is 1. The third-order valence-corrected chi connectivity index (χ3v) is 6.63. The number of aromatic nitrogens is 2. The zero-order chi connectivity index (χ0) is 21.8. The molecule has 1 N–H and O–H groups in total. The molecule has 0 saturated heterocycles. The molecule has 0 aliphatic heterocycles. The number of amides is 1. The zero-order valence-electron chi connectivity index (χ0n) is 16.6. The van der Waals surface area contributed by atoms with E-state index in [-0.39, 0.29) is 18.1 Å². The Bertz CT molecular complexity index is 1230. The fourth-order valence-electron chi connectivity index (χ4n) is 3.06. The minimum absolute atomic E-state index is 0.0815.